The second kappa shape index (κ2) is 9.17. The molecule has 0 spiro atoms. The summed E-state index contributed by atoms with van der Waals surface area (Å²) < 4.78 is 11.2. The van der Waals surface area contributed by atoms with Gasteiger partial charge in [0.1, 0.15) is 0 Å². The van der Waals surface area contributed by atoms with Crippen molar-refractivity contribution in [3.05, 3.63) is 53.6 Å². The van der Waals surface area contributed by atoms with Crippen molar-refractivity contribution in [2.75, 3.05) is 23.2 Å². The standard InChI is InChI=1S/C22H22N4O4S2/c1-22(2,3)14-6-4-13(5-7-14)19(28)24-20-25-26-21(32-20)31-11-18(27)23-15-8-9-16-17(10-15)30-12-29-16/h4-10H,11-12H2,1-3H3,(H,23,27)(H,24,25,28). The molecule has 0 saturated heterocycles. The van der Waals surface area contributed by atoms with Crippen LogP contribution < -0.4 is 20.1 Å². The van der Waals surface area contributed by atoms with Crippen molar-refractivity contribution in [1.82, 2.24) is 10.2 Å². The van der Waals surface area contributed by atoms with Crippen molar-refractivity contribution in [1.29, 1.82) is 0 Å². The van der Waals surface area contributed by atoms with Crippen LogP contribution in [0.25, 0.3) is 0 Å². The summed E-state index contributed by atoms with van der Waals surface area (Å²) in [6, 6.07) is 12.7. The Labute approximate surface area is 193 Å². The summed E-state index contributed by atoms with van der Waals surface area (Å²) in [4.78, 5) is 24.7. The number of thioether (sulfide) groups is 1. The molecule has 0 atom stereocenters. The molecule has 4 rings (SSSR count). The van der Waals surface area contributed by atoms with Gasteiger partial charge < -0.3 is 14.8 Å². The van der Waals surface area contributed by atoms with Crippen LogP contribution in [-0.2, 0) is 10.2 Å². The first-order valence-electron chi connectivity index (χ1n) is 9.86. The summed E-state index contributed by atoms with van der Waals surface area (Å²) in [5, 5.41) is 14.0. The van der Waals surface area contributed by atoms with E-state index < -0.39 is 0 Å². The van der Waals surface area contributed by atoms with Crippen molar-refractivity contribution in [3.8, 4) is 11.5 Å². The summed E-state index contributed by atoms with van der Waals surface area (Å²) in [6.45, 7) is 6.55. The molecule has 0 saturated carbocycles. The predicted molar refractivity (Wildman–Crippen MR) is 125 cm³/mol. The Hall–Kier alpha value is -3.11. The molecule has 0 aliphatic carbocycles. The molecule has 2 amide bonds. The van der Waals surface area contributed by atoms with Crippen molar-refractivity contribution < 1.29 is 19.1 Å². The summed E-state index contributed by atoms with van der Waals surface area (Å²) in [5.41, 5.74) is 2.35. The number of rotatable bonds is 6. The van der Waals surface area contributed by atoms with Crippen molar-refractivity contribution in [2.45, 2.75) is 30.5 Å². The van der Waals surface area contributed by atoms with E-state index >= 15 is 0 Å². The zero-order valence-corrected chi connectivity index (χ0v) is 19.4. The Morgan fingerprint density at radius 3 is 2.53 bits per heavy atom. The third-order valence-corrected chi connectivity index (χ3v) is 6.60. The predicted octanol–water partition coefficient (Wildman–Crippen LogP) is 4.55. The summed E-state index contributed by atoms with van der Waals surface area (Å²) >= 11 is 2.47. The zero-order chi connectivity index (χ0) is 22.7. The first-order valence-corrected chi connectivity index (χ1v) is 11.7. The van der Waals surface area contributed by atoms with Crippen LogP contribution in [0.15, 0.2) is 46.8 Å². The average molecular weight is 471 g/mol. The van der Waals surface area contributed by atoms with E-state index in [1.165, 1.54) is 23.1 Å². The highest BCUT2D eigenvalue weighted by molar-refractivity contribution is 8.01. The molecule has 166 valence electrons. The third-order valence-electron chi connectivity index (χ3n) is 4.62. The molecular weight excluding hydrogens is 448 g/mol. The van der Waals surface area contributed by atoms with Crippen LogP contribution in [0.4, 0.5) is 10.8 Å². The minimum atomic E-state index is -0.251. The molecule has 32 heavy (non-hydrogen) atoms. The monoisotopic (exact) mass is 470 g/mol. The molecule has 0 bridgehead atoms. The summed E-state index contributed by atoms with van der Waals surface area (Å²) in [7, 11) is 0. The van der Waals surface area contributed by atoms with Crippen LogP contribution in [0, 0.1) is 0 Å². The number of fused-ring (bicyclic) bond motifs is 1. The maximum absolute atomic E-state index is 12.5. The molecule has 10 heteroatoms. The number of hydrogen-bond acceptors (Lipinski definition) is 8. The molecule has 8 nitrogen and oxygen atoms in total. The van der Waals surface area contributed by atoms with E-state index in [-0.39, 0.29) is 29.8 Å². The van der Waals surface area contributed by atoms with Gasteiger partial charge in [-0.1, -0.05) is 56.0 Å². The molecule has 0 unspecified atom stereocenters. The topological polar surface area (TPSA) is 102 Å². The Bertz CT molecular complexity index is 1140. The van der Waals surface area contributed by atoms with Gasteiger partial charge in [0.25, 0.3) is 5.91 Å². The van der Waals surface area contributed by atoms with Gasteiger partial charge in [-0.3, -0.25) is 14.9 Å². The largest absolute Gasteiger partial charge is 0.454 e. The fourth-order valence-corrected chi connectivity index (χ4v) is 4.46. The van der Waals surface area contributed by atoms with E-state index in [2.05, 4.69) is 41.6 Å². The molecule has 1 aromatic heterocycles. The van der Waals surface area contributed by atoms with Gasteiger partial charge in [-0.05, 0) is 35.2 Å². The zero-order valence-electron chi connectivity index (χ0n) is 17.8. The maximum atomic E-state index is 12.5. The highest BCUT2D eigenvalue weighted by Gasteiger charge is 2.17. The van der Waals surface area contributed by atoms with Gasteiger partial charge in [0.2, 0.25) is 17.8 Å². The first-order chi connectivity index (χ1) is 15.3. The van der Waals surface area contributed by atoms with Crippen LogP contribution in [0.3, 0.4) is 0 Å². The van der Waals surface area contributed by atoms with Crippen molar-refractivity contribution in [3.63, 3.8) is 0 Å². The van der Waals surface area contributed by atoms with Crippen LogP contribution >= 0.6 is 23.1 Å². The van der Waals surface area contributed by atoms with Crippen LogP contribution in [-0.4, -0.2) is 34.6 Å². The van der Waals surface area contributed by atoms with Gasteiger partial charge in [-0.15, -0.1) is 10.2 Å². The van der Waals surface area contributed by atoms with Crippen LogP contribution in [0.2, 0.25) is 0 Å². The number of aromatic nitrogens is 2. The fraction of sp³-hybridized carbons (Fsp3) is 0.273. The number of carbonyl (C=O) groups excluding carboxylic acids is 2. The smallest absolute Gasteiger partial charge is 0.257 e. The van der Waals surface area contributed by atoms with Crippen molar-refractivity contribution >= 4 is 45.7 Å². The molecule has 0 radical (unpaired) electrons. The van der Waals surface area contributed by atoms with E-state index in [0.29, 0.717) is 32.2 Å². The number of nitrogens with one attached hydrogen (secondary N) is 2. The maximum Gasteiger partial charge on any atom is 0.257 e. The lowest BCUT2D eigenvalue weighted by Crippen LogP contribution is -2.14. The lowest BCUT2D eigenvalue weighted by atomic mass is 9.87. The second-order valence-corrected chi connectivity index (χ2v) is 10.3. The molecule has 1 aliphatic heterocycles. The van der Waals surface area contributed by atoms with Gasteiger partial charge in [-0.2, -0.15) is 0 Å². The van der Waals surface area contributed by atoms with E-state index in [9.17, 15) is 9.59 Å². The number of hydrogen-bond donors (Lipinski definition) is 2. The van der Waals surface area contributed by atoms with Crippen LogP contribution in [0.5, 0.6) is 11.5 Å². The Balaban J connectivity index is 1.28. The molecule has 0 fully saturated rings. The van der Waals surface area contributed by atoms with Crippen LogP contribution in [0.1, 0.15) is 36.7 Å². The van der Waals surface area contributed by atoms with E-state index in [4.69, 9.17) is 9.47 Å². The van der Waals surface area contributed by atoms with Gasteiger partial charge >= 0.3 is 0 Å². The molecule has 1 aliphatic rings. The minimum Gasteiger partial charge on any atom is -0.454 e. The number of ether oxygens (including phenoxy) is 2. The molecule has 2 aromatic carbocycles. The van der Waals surface area contributed by atoms with Gasteiger partial charge in [-0.25, -0.2) is 0 Å². The van der Waals surface area contributed by atoms with Gasteiger partial charge in [0.15, 0.2) is 15.8 Å². The second-order valence-electron chi connectivity index (χ2n) is 8.06. The number of benzene rings is 2. The summed E-state index contributed by atoms with van der Waals surface area (Å²) in [5.74, 6) is 0.983. The lowest BCUT2D eigenvalue weighted by molar-refractivity contribution is -0.113. The SMILES string of the molecule is CC(C)(C)c1ccc(C(=O)Nc2nnc(SCC(=O)Nc3ccc4c(c3)OCO4)s2)cc1. The molecule has 3 aromatic rings. The van der Waals surface area contributed by atoms with E-state index in [1.54, 1.807) is 30.3 Å². The quantitative estimate of drug-likeness (QED) is 0.402. The molecule has 2 N–H and O–H groups in total. The molecular formula is C22H22N4O4S2. The van der Waals surface area contributed by atoms with E-state index in [0.717, 1.165) is 5.56 Å². The minimum absolute atomic E-state index is 0.0232. The Morgan fingerprint density at radius 1 is 1.03 bits per heavy atom. The highest BCUT2D eigenvalue weighted by atomic mass is 32.2. The Morgan fingerprint density at radius 2 is 1.78 bits per heavy atom. The number of amides is 2. The average Bonchev–Trinajstić information content (AvgIpc) is 3.40. The highest BCUT2D eigenvalue weighted by Crippen LogP contribution is 2.34. The fourth-order valence-electron chi connectivity index (χ4n) is 2.91. The van der Waals surface area contributed by atoms with Crippen molar-refractivity contribution in [2.24, 2.45) is 0 Å². The Kier molecular flexibility index (Phi) is 6.33. The molecule has 2 heterocycles. The third kappa shape index (κ3) is 5.38. The summed E-state index contributed by atoms with van der Waals surface area (Å²) in [6.07, 6.45) is 0. The van der Waals surface area contributed by atoms with Gasteiger partial charge in [0.05, 0.1) is 5.75 Å². The normalized spacial score (nSPS) is 12.5. The number of anilines is 2. The lowest BCUT2D eigenvalue weighted by Gasteiger charge is -2.18. The van der Waals surface area contributed by atoms with Gasteiger partial charge in [0, 0.05) is 17.3 Å². The van der Waals surface area contributed by atoms with E-state index in [1.807, 2.05) is 12.1 Å². The number of nitrogens with zero attached hydrogens (tertiary/aromatic N) is 2. The first kappa shape index (κ1) is 22.1. The number of carbonyl (C=O) groups is 2.